The molecule has 0 aliphatic carbocycles. The smallest absolute Gasteiger partial charge is 0.0485 e. The first-order chi connectivity index (χ1) is 9.79. The van der Waals surface area contributed by atoms with Gasteiger partial charge in [-0.1, -0.05) is 60.2 Å². The highest BCUT2D eigenvalue weighted by molar-refractivity contribution is 5.69. The highest BCUT2D eigenvalue weighted by Crippen LogP contribution is 2.29. The molecule has 100 valence electrons. The van der Waals surface area contributed by atoms with Gasteiger partial charge in [0, 0.05) is 17.9 Å². The molecule has 0 unspecified atom stereocenters. The van der Waals surface area contributed by atoms with Crippen LogP contribution in [-0.4, -0.2) is 4.57 Å². The molecule has 1 heteroatoms. The lowest BCUT2D eigenvalue weighted by atomic mass is 10.1. The van der Waals surface area contributed by atoms with Gasteiger partial charge in [0.05, 0.1) is 0 Å². The maximum atomic E-state index is 2.38. The van der Waals surface area contributed by atoms with Crippen LogP contribution < -0.4 is 0 Å². The van der Waals surface area contributed by atoms with Crippen molar-refractivity contribution in [2.24, 2.45) is 0 Å². The zero-order chi connectivity index (χ0) is 13.9. The Hall–Kier alpha value is -2.28. The van der Waals surface area contributed by atoms with E-state index in [2.05, 4.69) is 85.1 Å². The summed E-state index contributed by atoms with van der Waals surface area (Å²) in [4.78, 5) is 0. The van der Waals surface area contributed by atoms with Crippen LogP contribution in [0.4, 0.5) is 0 Å². The molecule has 3 aromatic rings. The summed E-state index contributed by atoms with van der Waals surface area (Å²) in [5.74, 6) is 0. The summed E-state index contributed by atoms with van der Waals surface area (Å²) in [5.41, 5.74) is 6.41. The minimum absolute atomic E-state index is 0.973. The lowest BCUT2D eigenvalue weighted by Crippen LogP contribution is -1.99. The number of hydrogen-bond donors (Lipinski definition) is 0. The average Bonchev–Trinajstić information content (AvgIpc) is 2.93. The summed E-state index contributed by atoms with van der Waals surface area (Å²) in [6.45, 7) is 5.29. The summed E-state index contributed by atoms with van der Waals surface area (Å²) < 4.78 is 2.38. The Morgan fingerprint density at radius 3 is 1.80 bits per heavy atom. The number of rotatable bonds is 3. The number of hydrogen-bond acceptors (Lipinski definition) is 0. The SMILES string of the molecule is CCn1c(-c2ccccc2)ccc1-c1ccc(C)cc1. The molecule has 0 fully saturated rings. The number of aryl methyl sites for hydroxylation is 1. The van der Waals surface area contributed by atoms with Crippen LogP contribution in [0.3, 0.4) is 0 Å². The molecule has 0 atom stereocenters. The van der Waals surface area contributed by atoms with Crippen LogP contribution in [0.5, 0.6) is 0 Å². The summed E-state index contributed by atoms with van der Waals surface area (Å²) in [6.07, 6.45) is 0. The van der Waals surface area contributed by atoms with Crippen LogP contribution in [0.1, 0.15) is 12.5 Å². The van der Waals surface area contributed by atoms with Crippen molar-refractivity contribution in [1.82, 2.24) is 4.57 Å². The minimum atomic E-state index is 0.973. The maximum Gasteiger partial charge on any atom is 0.0485 e. The van der Waals surface area contributed by atoms with Crippen LogP contribution >= 0.6 is 0 Å². The Morgan fingerprint density at radius 1 is 0.700 bits per heavy atom. The van der Waals surface area contributed by atoms with E-state index in [1.807, 2.05) is 0 Å². The second kappa shape index (κ2) is 5.38. The first kappa shape index (κ1) is 12.7. The zero-order valence-electron chi connectivity index (χ0n) is 12.0. The second-order valence-corrected chi connectivity index (χ2v) is 5.08. The van der Waals surface area contributed by atoms with E-state index in [4.69, 9.17) is 0 Å². The molecule has 1 heterocycles. The van der Waals surface area contributed by atoms with Gasteiger partial charge in [-0.05, 0) is 37.1 Å². The summed E-state index contributed by atoms with van der Waals surface area (Å²) >= 11 is 0. The molecule has 0 amide bonds. The van der Waals surface area contributed by atoms with E-state index in [0.717, 1.165) is 6.54 Å². The van der Waals surface area contributed by atoms with Crippen molar-refractivity contribution >= 4 is 0 Å². The predicted molar refractivity (Wildman–Crippen MR) is 85.7 cm³/mol. The molecule has 0 spiro atoms. The Kier molecular flexibility index (Phi) is 3.42. The van der Waals surface area contributed by atoms with E-state index in [1.54, 1.807) is 0 Å². The van der Waals surface area contributed by atoms with Crippen molar-refractivity contribution in [3.8, 4) is 22.5 Å². The molecule has 1 nitrogen and oxygen atoms in total. The largest absolute Gasteiger partial charge is 0.341 e. The second-order valence-electron chi connectivity index (χ2n) is 5.08. The molecule has 3 rings (SSSR count). The van der Waals surface area contributed by atoms with E-state index < -0.39 is 0 Å². The van der Waals surface area contributed by atoms with Gasteiger partial charge in [-0.2, -0.15) is 0 Å². The van der Waals surface area contributed by atoms with Crippen LogP contribution in [-0.2, 0) is 6.54 Å². The van der Waals surface area contributed by atoms with E-state index in [9.17, 15) is 0 Å². The molecular formula is C19H19N. The third kappa shape index (κ3) is 2.27. The van der Waals surface area contributed by atoms with Crippen molar-refractivity contribution in [1.29, 1.82) is 0 Å². The Bertz CT molecular complexity index is 690. The van der Waals surface area contributed by atoms with Gasteiger partial charge in [0.2, 0.25) is 0 Å². The Labute approximate surface area is 120 Å². The normalized spacial score (nSPS) is 10.7. The van der Waals surface area contributed by atoms with Gasteiger partial charge >= 0.3 is 0 Å². The van der Waals surface area contributed by atoms with E-state index in [1.165, 1.54) is 28.1 Å². The molecule has 0 N–H and O–H groups in total. The molecule has 0 saturated carbocycles. The van der Waals surface area contributed by atoms with Gasteiger partial charge in [-0.25, -0.2) is 0 Å². The van der Waals surface area contributed by atoms with Crippen molar-refractivity contribution in [3.05, 3.63) is 72.3 Å². The first-order valence-electron chi connectivity index (χ1n) is 7.11. The summed E-state index contributed by atoms with van der Waals surface area (Å²) in [6, 6.07) is 23.8. The Morgan fingerprint density at radius 2 is 1.25 bits per heavy atom. The van der Waals surface area contributed by atoms with Crippen molar-refractivity contribution in [3.63, 3.8) is 0 Å². The van der Waals surface area contributed by atoms with Gasteiger partial charge in [-0.3, -0.25) is 0 Å². The molecule has 0 aliphatic heterocycles. The number of benzene rings is 2. The summed E-state index contributed by atoms with van der Waals surface area (Å²) in [5, 5.41) is 0. The van der Waals surface area contributed by atoms with Crippen LogP contribution in [0.25, 0.3) is 22.5 Å². The average molecular weight is 261 g/mol. The highest BCUT2D eigenvalue weighted by Gasteiger charge is 2.09. The molecule has 1 aromatic heterocycles. The molecule has 0 saturated heterocycles. The number of nitrogens with zero attached hydrogens (tertiary/aromatic N) is 1. The van der Waals surface area contributed by atoms with Gasteiger partial charge in [0.15, 0.2) is 0 Å². The first-order valence-corrected chi connectivity index (χ1v) is 7.11. The Balaban J connectivity index is 2.10. The van der Waals surface area contributed by atoms with Gasteiger partial charge < -0.3 is 4.57 Å². The van der Waals surface area contributed by atoms with Crippen molar-refractivity contribution in [2.75, 3.05) is 0 Å². The molecule has 0 aliphatic rings. The standard InChI is InChI=1S/C19H19N/c1-3-20-18(16-7-5-4-6-8-16)13-14-19(20)17-11-9-15(2)10-12-17/h4-14H,3H2,1-2H3. The van der Waals surface area contributed by atoms with Crippen LogP contribution in [0, 0.1) is 6.92 Å². The fraction of sp³-hybridized carbons (Fsp3) is 0.158. The molecule has 0 radical (unpaired) electrons. The molecule has 20 heavy (non-hydrogen) atoms. The predicted octanol–water partition coefficient (Wildman–Crippen LogP) is 5.15. The number of aromatic nitrogens is 1. The zero-order valence-corrected chi connectivity index (χ0v) is 12.0. The monoisotopic (exact) mass is 261 g/mol. The highest BCUT2D eigenvalue weighted by atomic mass is 15.0. The fourth-order valence-corrected chi connectivity index (χ4v) is 2.65. The quantitative estimate of drug-likeness (QED) is 0.614. The van der Waals surface area contributed by atoms with E-state index in [-0.39, 0.29) is 0 Å². The summed E-state index contributed by atoms with van der Waals surface area (Å²) in [7, 11) is 0. The van der Waals surface area contributed by atoms with Crippen molar-refractivity contribution < 1.29 is 0 Å². The van der Waals surface area contributed by atoms with Crippen LogP contribution in [0.15, 0.2) is 66.7 Å². The van der Waals surface area contributed by atoms with E-state index in [0.29, 0.717) is 0 Å². The fourth-order valence-electron chi connectivity index (χ4n) is 2.65. The van der Waals surface area contributed by atoms with Crippen molar-refractivity contribution in [2.45, 2.75) is 20.4 Å². The van der Waals surface area contributed by atoms with Crippen LogP contribution in [0.2, 0.25) is 0 Å². The molecule has 2 aromatic carbocycles. The minimum Gasteiger partial charge on any atom is -0.341 e. The van der Waals surface area contributed by atoms with Gasteiger partial charge in [-0.15, -0.1) is 0 Å². The lowest BCUT2D eigenvalue weighted by Gasteiger charge is -2.12. The maximum absolute atomic E-state index is 2.38. The third-order valence-corrected chi connectivity index (χ3v) is 3.71. The molecule has 0 bridgehead atoms. The van der Waals surface area contributed by atoms with Gasteiger partial charge in [0.25, 0.3) is 0 Å². The van der Waals surface area contributed by atoms with E-state index >= 15 is 0 Å². The van der Waals surface area contributed by atoms with Gasteiger partial charge in [0.1, 0.15) is 0 Å². The topological polar surface area (TPSA) is 4.93 Å². The third-order valence-electron chi connectivity index (χ3n) is 3.71. The molecular weight excluding hydrogens is 242 g/mol. The lowest BCUT2D eigenvalue weighted by molar-refractivity contribution is 0.785.